The highest BCUT2D eigenvalue weighted by atomic mass is 16.5. The van der Waals surface area contributed by atoms with E-state index in [1.165, 1.54) is 0 Å². The average molecular weight is 192 g/mol. The number of nitrogen functional groups attached to an aromatic ring is 1. The Kier molecular flexibility index (Phi) is 2.89. The number of benzene rings is 1. The molecular weight excluding hydrogens is 176 g/mol. The van der Waals surface area contributed by atoms with Gasteiger partial charge in [0, 0.05) is 30.6 Å². The van der Waals surface area contributed by atoms with Gasteiger partial charge in [-0.05, 0) is 31.0 Å². The molecule has 0 spiro atoms. The molecule has 0 amide bonds. The van der Waals surface area contributed by atoms with Crippen molar-refractivity contribution in [2.45, 2.75) is 18.9 Å². The monoisotopic (exact) mass is 192 g/mol. The van der Waals surface area contributed by atoms with Gasteiger partial charge < -0.3 is 15.8 Å². The van der Waals surface area contributed by atoms with Crippen LogP contribution in [0.5, 0.6) is 0 Å². The molecule has 0 aliphatic carbocycles. The number of nitrogens with one attached hydrogen (secondary N) is 1. The van der Waals surface area contributed by atoms with Gasteiger partial charge in [0.05, 0.1) is 0 Å². The number of hydrogen-bond donors (Lipinski definition) is 2. The Morgan fingerprint density at radius 1 is 1.29 bits per heavy atom. The van der Waals surface area contributed by atoms with Crippen molar-refractivity contribution in [1.82, 2.24) is 0 Å². The predicted molar refractivity (Wildman–Crippen MR) is 58.3 cm³/mol. The molecule has 1 fully saturated rings. The second-order valence-corrected chi connectivity index (χ2v) is 3.66. The van der Waals surface area contributed by atoms with Crippen LogP contribution >= 0.6 is 0 Å². The molecule has 3 nitrogen and oxygen atoms in total. The summed E-state index contributed by atoms with van der Waals surface area (Å²) in [5, 5.41) is 3.46. The molecule has 0 bridgehead atoms. The highest BCUT2D eigenvalue weighted by molar-refractivity contribution is 5.54. The molecule has 0 atom stereocenters. The Labute approximate surface area is 84.3 Å². The lowest BCUT2D eigenvalue weighted by Gasteiger charge is -2.24. The van der Waals surface area contributed by atoms with E-state index in [2.05, 4.69) is 5.32 Å². The molecule has 14 heavy (non-hydrogen) atoms. The number of rotatable bonds is 2. The molecule has 0 unspecified atom stereocenters. The van der Waals surface area contributed by atoms with Crippen molar-refractivity contribution in [3.8, 4) is 0 Å². The van der Waals surface area contributed by atoms with Crippen molar-refractivity contribution >= 4 is 11.4 Å². The highest BCUT2D eigenvalue weighted by Crippen LogP contribution is 2.17. The Morgan fingerprint density at radius 2 is 2.07 bits per heavy atom. The van der Waals surface area contributed by atoms with Crippen molar-refractivity contribution in [2.24, 2.45) is 0 Å². The minimum atomic E-state index is 0.533. The van der Waals surface area contributed by atoms with Crippen LogP contribution in [0.1, 0.15) is 12.8 Å². The lowest BCUT2D eigenvalue weighted by atomic mass is 10.1. The Morgan fingerprint density at radius 3 is 2.79 bits per heavy atom. The zero-order valence-corrected chi connectivity index (χ0v) is 8.20. The van der Waals surface area contributed by atoms with Gasteiger partial charge in [-0.2, -0.15) is 0 Å². The summed E-state index contributed by atoms with van der Waals surface area (Å²) in [6.45, 7) is 1.72. The number of hydrogen-bond acceptors (Lipinski definition) is 3. The van der Waals surface area contributed by atoms with Crippen molar-refractivity contribution in [1.29, 1.82) is 0 Å². The van der Waals surface area contributed by atoms with E-state index in [4.69, 9.17) is 10.5 Å². The van der Waals surface area contributed by atoms with Gasteiger partial charge in [-0.1, -0.05) is 6.07 Å². The van der Waals surface area contributed by atoms with Crippen molar-refractivity contribution in [3.63, 3.8) is 0 Å². The van der Waals surface area contributed by atoms with E-state index < -0.39 is 0 Å². The van der Waals surface area contributed by atoms with E-state index in [0.29, 0.717) is 6.04 Å². The van der Waals surface area contributed by atoms with Gasteiger partial charge in [0.15, 0.2) is 0 Å². The van der Waals surface area contributed by atoms with Gasteiger partial charge in [-0.3, -0.25) is 0 Å². The summed E-state index contributed by atoms with van der Waals surface area (Å²) >= 11 is 0. The van der Waals surface area contributed by atoms with E-state index >= 15 is 0 Å². The van der Waals surface area contributed by atoms with Gasteiger partial charge in [-0.25, -0.2) is 0 Å². The molecule has 2 rings (SSSR count). The van der Waals surface area contributed by atoms with Crippen molar-refractivity contribution in [3.05, 3.63) is 24.3 Å². The molecule has 1 aromatic carbocycles. The summed E-state index contributed by atoms with van der Waals surface area (Å²) in [7, 11) is 0. The van der Waals surface area contributed by atoms with Crippen LogP contribution < -0.4 is 11.1 Å². The normalized spacial score (nSPS) is 18.0. The second-order valence-electron chi connectivity index (χ2n) is 3.66. The van der Waals surface area contributed by atoms with E-state index in [9.17, 15) is 0 Å². The Bertz CT molecular complexity index is 295. The van der Waals surface area contributed by atoms with E-state index in [-0.39, 0.29) is 0 Å². The third-order valence-corrected chi connectivity index (χ3v) is 2.48. The summed E-state index contributed by atoms with van der Waals surface area (Å²) in [6.07, 6.45) is 2.16. The molecule has 1 aliphatic heterocycles. The highest BCUT2D eigenvalue weighted by Gasteiger charge is 2.12. The molecule has 1 aromatic rings. The summed E-state index contributed by atoms with van der Waals surface area (Å²) in [5.74, 6) is 0. The quantitative estimate of drug-likeness (QED) is 0.703. The molecule has 76 valence electrons. The Hall–Kier alpha value is -1.22. The van der Waals surface area contributed by atoms with Crippen LogP contribution in [0.25, 0.3) is 0 Å². The fourth-order valence-corrected chi connectivity index (χ4v) is 1.71. The van der Waals surface area contributed by atoms with Gasteiger partial charge in [-0.15, -0.1) is 0 Å². The maximum absolute atomic E-state index is 5.70. The molecule has 1 heterocycles. The van der Waals surface area contributed by atoms with E-state index in [1.807, 2.05) is 24.3 Å². The molecule has 0 aromatic heterocycles. The molecule has 3 N–H and O–H groups in total. The minimum absolute atomic E-state index is 0.533. The van der Waals surface area contributed by atoms with Crippen LogP contribution in [-0.2, 0) is 4.74 Å². The molecule has 1 saturated heterocycles. The topological polar surface area (TPSA) is 47.3 Å². The predicted octanol–water partition coefficient (Wildman–Crippen LogP) is 1.86. The SMILES string of the molecule is Nc1cccc(NC2CCOCC2)c1. The summed E-state index contributed by atoms with van der Waals surface area (Å²) < 4.78 is 5.30. The lowest BCUT2D eigenvalue weighted by molar-refractivity contribution is 0.0904. The second kappa shape index (κ2) is 4.33. The number of ether oxygens (including phenoxy) is 1. The first-order valence-corrected chi connectivity index (χ1v) is 5.04. The number of anilines is 2. The zero-order valence-electron chi connectivity index (χ0n) is 8.20. The number of nitrogens with two attached hydrogens (primary N) is 1. The van der Waals surface area contributed by atoms with Crippen molar-refractivity contribution < 1.29 is 4.74 Å². The lowest BCUT2D eigenvalue weighted by Crippen LogP contribution is -2.27. The molecular formula is C11H16N2O. The molecule has 0 radical (unpaired) electrons. The third kappa shape index (κ3) is 2.39. The van der Waals surface area contributed by atoms with Crippen molar-refractivity contribution in [2.75, 3.05) is 24.3 Å². The van der Waals surface area contributed by atoms with Crippen LogP contribution in [-0.4, -0.2) is 19.3 Å². The van der Waals surface area contributed by atoms with Gasteiger partial charge in [0.1, 0.15) is 0 Å². The van der Waals surface area contributed by atoms with Crippen LogP contribution in [0.15, 0.2) is 24.3 Å². The molecule has 0 saturated carbocycles. The van der Waals surface area contributed by atoms with Crippen LogP contribution in [0.4, 0.5) is 11.4 Å². The van der Waals surface area contributed by atoms with E-state index in [1.54, 1.807) is 0 Å². The van der Waals surface area contributed by atoms with Gasteiger partial charge in [0.2, 0.25) is 0 Å². The largest absolute Gasteiger partial charge is 0.399 e. The molecule has 1 aliphatic rings. The average Bonchev–Trinajstić information content (AvgIpc) is 2.19. The standard InChI is InChI=1S/C11H16N2O/c12-9-2-1-3-11(8-9)13-10-4-6-14-7-5-10/h1-3,8,10,13H,4-7,12H2. The first-order chi connectivity index (χ1) is 6.84. The molecule has 3 heteroatoms. The third-order valence-electron chi connectivity index (χ3n) is 2.48. The van der Waals surface area contributed by atoms with Crippen LogP contribution in [0.2, 0.25) is 0 Å². The van der Waals surface area contributed by atoms with Crippen LogP contribution in [0, 0.1) is 0 Å². The van der Waals surface area contributed by atoms with E-state index in [0.717, 1.165) is 37.4 Å². The fourth-order valence-electron chi connectivity index (χ4n) is 1.71. The summed E-state index contributed by atoms with van der Waals surface area (Å²) in [6, 6.07) is 8.42. The van der Waals surface area contributed by atoms with Gasteiger partial charge >= 0.3 is 0 Å². The first kappa shape index (κ1) is 9.34. The van der Waals surface area contributed by atoms with Gasteiger partial charge in [0.25, 0.3) is 0 Å². The Balaban J connectivity index is 1.95. The first-order valence-electron chi connectivity index (χ1n) is 5.04. The zero-order chi connectivity index (χ0) is 9.80. The minimum Gasteiger partial charge on any atom is -0.399 e. The fraction of sp³-hybridized carbons (Fsp3) is 0.455. The maximum atomic E-state index is 5.70. The summed E-state index contributed by atoms with van der Waals surface area (Å²) in [4.78, 5) is 0. The van der Waals surface area contributed by atoms with Crippen LogP contribution in [0.3, 0.4) is 0 Å². The summed E-state index contributed by atoms with van der Waals surface area (Å²) in [5.41, 5.74) is 7.61. The smallest absolute Gasteiger partial charge is 0.0485 e. The maximum Gasteiger partial charge on any atom is 0.0485 e.